The van der Waals surface area contributed by atoms with Gasteiger partial charge in [-0.2, -0.15) is 0 Å². The lowest BCUT2D eigenvalue weighted by Gasteiger charge is -2.31. The minimum atomic E-state index is 0.121. The summed E-state index contributed by atoms with van der Waals surface area (Å²) in [6.07, 6.45) is 2.26. The molecule has 1 heterocycles. The third-order valence-electron chi connectivity index (χ3n) is 3.83. The van der Waals surface area contributed by atoms with Crippen molar-refractivity contribution in [1.29, 1.82) is 0 Å². The lowest BCUT2D eigenvalue weighted by molar-refractivity contribution is -0.120. The van der Waals surface area contributed by atoms with Crippen molar-refractivity contribution in [3.63, 3.8) is 0 Å². The summed E-state index contributed by atoms with van der Waals surface area (Å²) in [6.45, 7) is 5.44. The molecule has 0 bridgehead atoms. The van der Waals surface area contributed by atoms with E-state index in [9.17, 15) is 4.79 Å². The van der Waals surface area contributed by atoms with Crippen LogP contribution < -0.4 is 10.2 Å². The number of para-hydroxylation sites is 1. The third kappa shape index (κ3) is 4.23. The zero-order chi connectivity index (χ0) is 14.4. The maximum Gasteiger partial charge on any atom is 0.239 e. The summed E-state index contributed by atoms with van der Waals surface area (Å²) >= 11 is 0. The number of hydrogen-bond donors (Lipinski definition) is 1. The van der Waals surface area contributed by atoms with Crippen molar-refractivity contribution in [1.82, 2.24) is 10.2 Å². The quantitative estimate of drug-likeness (QED) is 0.889. The molecule has 110 valence electrons. The van der Waals surface area contributed by atoms with E-state index < -0.39 is 0 Å². The Morgan fingerprint density at radius 2 is 2.15 bits per heavy atom. The van der Waals surface area contributed by atoms with Crippen LogP contribution >= 0.6 is 0 Å². The van der Waals surface area contributed by atoms with Crippen LogP contribution in [0.1, 0.15) is 19.8 Å². The van der Waals surface area contributed by atoms with Gasteiger partial charge in [-0.05, 0) is 45.5 Å². The molecule has 0 aromatic heterocycles. The Morgan fingerprint density at radius 1 is 1.40 bits per heavy atom. The van der Waals surface area contributed by atoms with E-state index in [-0.39, 0.29) is 5.91 Å². The minimum absolute atomic E-state index is 0.121. The molecule has 1 N–H and O–H groups in total. The highest BCUT2D eigenvalue weighted by atomic mass is 16.2. The average molecular weight is 275 g/mol. The van der Waals surface area contributed by atoms with Crippen molar-refractivity contribution in [2.45, 2.75) is 25.8 Å². The lowest BCUT2D eigenvalue weighted by atomic mass is 10.1. The normalized spacial score (nSPS) is 19.6. The van der Waals surface area contributed by atoms with E-state index in [1.165, 1.54) is 0 Å². The molecule has 0 spiro atoms. The van der Waals surface area contributed by atoms with E-state index in [2.05, 4.69) is 29.1 Å². The smallest absolute Gasteiger partial charge is 0.239 e. The molecule has 1 aromatic carbocycles. The van der Waals surface area contributed by atoms with Gasteiger partial charge < -0.3 is 15.1 Å². The Labute approximate surface area is 121 Å². The zero-order valence-electron chi connectivity index (χ0n) is 12.5. The number of carbonyl (C=O) groups is 1. The minimum Gasteiger partial charge on any atom is -0.363 e. The highest BCUT2D eigenvalue weighted by Crippen LogP contribution is 2.12. The fourth-order valence-corrected chi connectivity index (χ4v) is 2.76. The number of nitrogens with one attached hydrogen (secondary N) is 1. The summed E-state index contributed by atoms with van der Waals surface area (Å²) in [5, 5.41) is 3.16. The van der Waals surface area contributed by atoms with Crippen LogP contribution in [0, 0.1) is 0 Å². The molecule has 1 atom stereocenters. The second kappa shape index (κ2) is 7.29. The second-order valence-corrected chi connectivity index (χ2v) is 5.52. The number of rotatable bonds is 5. The van der Waals surface area contributed by atoms with Crippen molar-refractivity contribution in [3.8, 4) is 0 Å². The van der Waals surface area contributed by atoms with E-state index in [4.69, 9.17) is 0 Å². The molecule has 4 heteroatoms. The topological polar surface area (TPSA) is 35.6 Å². The van der Waals surface area contributed by atoms with Crippen molar-refractivity contribution >= 4 is 11.6 Å². The SMILES string of the molecule is CCN(CC(=O)NC1CCCN(C)C1)c1ccccc1. The first-order chi connectivity index (χ1) is 9.69. The van der Waals surface area contributed by atoms with Crippen LogP contribution in [-0.4, -0.2) is 50.1 Å². The average Bonchev–Trinajstić information content (AvgIpc) is 2.45. The molecule has 1 unspecified atom stereocenters. The molecule has 0 aliphatic carbocycles. The van der Waals surface area contributed by atoms with E-state index >= 15 is 0 Å². The van der Waals surface area contributed by atoms with E-state index in [0.717, 1.165) is 38.2 Å². The van der Waals surface area contributed by atoms with Gasteiger partial charge in [0.1, 0.15) is 0 Å². The third-order valence-corrected chi connectivity index (χ3v) is 3.83. The number of piperidine rings is 1. The first-order valence-corrected chi connectivity index (χ1v) is 7.47. The van der Waals surface area contributed by atoms with Gasteiger partial charge in [-0.3, -0.25) is 4.79 Å². The van der Waals surface area contributed by atoms with E-state index in [1.807, 2.05) is 30.3 Å². The second-order valence-electron chi connectivity index (χ2n) is 5.52. The molecular formula is C16H25N3O. The van der Waals surface area contributed by atoms with Crippen LogP contribution in [0.4, 0.5) is 5.69 Å². The van der Waals surface area contributed by atoms with Gasteiger partial charge in [0.15, 0.2) is 0 Å². The largest absolute Gasteiger partial charge is 0.363 e. The van der Waals surface area contributed by atoms with Crippen molar-refractivity contribution in [2.24, 2.45) is 0 Å². The summed E-state index contributed by atoms with van der Waals surface area (Å²) in [5.41, 5.74) is 1.10. The van der Waals surface area contributed by atoms with Gasteiger partial charge in [0.05, 0.1) is 6.54 Å². The molecule has 20 heavy (non-hydrogen) atoms. The van der Waals surface area contributed by atoms with E-state index in [0.29, 0.717) is 12.6 Å². The molecule has 1 amide bonds. The highest BCUT2D eigenvalue weighted by Gasteiger charge is 2.19. The molecule has 1 aliphatic rings. The maximum atomic E-state index is 12.2. The van der Waals surface area contributed by atoms with Gasteiger partial charge in [-0.1, -0.05) is 18.2 Å². The fraction of sp³-hybridized carbons (Fsp3) is 0.562. The van der Waals surface area contributed by atoms with Gasteiger partial charge >= 0.3 is 0 Å². The van der Waals surface area contributed by atoms with Gasteiger partial charge in [-0.25, -0.2) is 0 Å². The van der Waals surface area contributed by atoms with Crippen LogP contribution in [0.15, 0.2) is 30.3 Å². The van der Waals surface area contributed by atoms with Crippen molar-refractivity contribution in [2.75, 3.05) is 38.1 Å². The molecule has 1 fully saturated rings. The molecular weight excluding hydrogens is 250 g/mol. The van der Waals surface area contributed by atoms with Crippen molar-refractivity contribution in [3.05, 3.63) is 30.3 Å². The number of hydrogen-bond acceptors (Lipinski definition) is 3. The number of amides is 1. The number of nitrogens with zero attached hydrogens (tertiary/aromatic N) is 2. The summed E-state index contributed by atoms with van der Waals surface area (Å²) in [4.78, 5) is 16.6. The van der Waals surface area contributed by atoms with Gasteiger partial charge in [0.25, 0.3) is 0 Å². The number of carbonyl (C=O) groups excluding carboxylic acids is 1. The highest BCUT2D eigenvalue weighted by molar-refractivity contribution is 5.81. The van der Waals surface area contributed by atoms with Gasteiger partial charge in [-0.15, -0.1) is 0 Å². The van der Waals surface area contributed by atoms with E-state index in [1.54, 1.807) is 0 Å². The number of benzene rings is 1. The predicted molar refractivity (Wildman–Crippen MR) is 83.0 cm³/mol. The Balaban J connectivity index is 1.86. The van der Waals surface area contributed by atoms with Crippen LogP contribution in [0.3, 0.4) is 0 Å². The first kappa shape index (κ1) is 14.9. The molecule has 1 aromatic rings. The summed E-state index contributed by atoms with van der Waals surface area (Å²) < 4.78 is 0. The van der Waals surface area contributed by atoms with Crippen LogP contribution in [0.2, 0.25) is 0 Å². The van der Waals surface area contributed by atoms with Gasteiger partial charge in [0, 0.05) is 24.8 Å². The molecule has 2 rings (SSSR count). The Kier molecular flexibility index (Phi) is 5.41. The summed E-state index contributed by atoms with van der Waals surface area (Å²) in [6, 6.07) is 10.4. The Hall–Kier alpha value is -1.55. The predicted octanol–water partition coefficient (Wildman–Crippen LogP) is 1.72. The van der Waals surface area contributed by atoms with Crippen molar-refractivity contribution < 1.29 is 4.79 Å². The van der Waals surface area contributed by atoms with Crippen LogP contribution in [0.5, 0.6) is 0 Å². The lowest BCUT2D eigenvalue weighted by Crippen LogP contribution is -2.49. The summed E-state index contributed by atoms with van der Waals surface area (Å²) in [7, 11) is 2.11. The molecule has 1 saturated heterocycles. The molecule has 1 aliphatic heterocycles. The maximum absolute atomic E-state index is 12.2. The standard InChI is InChI=1S/C16H25N3O/c1-3-19(15-9-5-4-6-10-15)13-16(20)17-14-8-7-11-18(2)12-14/h4-6,9-10,14H,3,7-8,11-13H2,1-2H3,(H,17,20). The number of likely N-dealkylation sites (N-methyl/N-ethyl adjacent to an activating group) is 2. The molecule has 0 saturated carbocycles. The number of likely N-dealkylation sites (tertiary alicyclic amines) is 1. The molecule has 0 radical (unpaired) electrons. The fourth-order valence-electron chi connectivity index (χ4n) is 2.76. The first-order valence-electron chi connectivity index (χ1n) is 7.47. The van der Waals surface area contributed by atoms with Gasteiger partial charge in [0.2, 0.25) is 5.91 Å². The summed E-state index contributed by atoms with van der Waals surface area (Å²) in [5.74, 6) is 0.121. The zero-order valence-corrected chi connectivity index (χ0v) is 12.5. The van der Waals surface area contributed by atoms with Crippen LogP contribution in [0.25, 0.3) is 0 Å². The monoisotopic (exact) mass is 275 g/mol. The molecule has 4 nitrogen and oxygen atoms in total. The Morgan fingerprint density at radius 3 is 2.80 bits per heavy atom. The number of anilines is 1. The Bertz CT molecular complexity index is 421. The van der Waals surface area contributed by atoms with Crippen LogP contribution in [-0.2, 0) is 4.79 Å².